The van der Waals surface area contributed by atoms with E-state index < -0.39 is 6.09 Å². The third-order valence-corrected chi connectivity index (χ3v) is 2.81. The highest BCUT2D eigenvalue weighted by Gasteiger charge is 2.06. The van der Waals surface area contributed by atoms with Crippen LogP contribution in [0.25, 0.3) is 11.1 Å². The zero-order chi connectivity index (χ0) is 13.9. The summed E-state index contributed by atoms with van der Waals surface area (Å²) in [6.07, 6.45) is -0.565. The molecular weight excluding hydrogens is 276 g/mol. The van der Waals surface area contributed by atoms with E-state index in [9.17, 15) is 4.79 Å². The average molecular weight is 286 g/mol. The number of fused-ring (bicyclic) bond motifs is 1. The number of rotatable bonds is 2. The minimum absolute atomic E-state index is 0.295. The van der Waals surface area contributed by atoms with Gasteiger partial charge in [0.15, 0.2) is 5.58 Å². The van der Waals surface area contributed by atoms with Crippen LogP contribution in [0.15, 0.2) is 52.9 Å². The second-order valence-corrected chi connectivity index (χ2v) is 4.42. The zero-order valence-electron chi connectivity index (χ0n) is 10.3. The monoisotopic (exact) mass is 286 g/mol. The fourth-order valence-electron chi connectivity index (χ4n) is 1.76. The summed E-state index contributed by atoms with van der Waals surface area (Å²) in [6, 6.07) is 14.0. The summed E-state index contributed by atoms with van der Waals surface area (Å²) in [5, 5.41) is 2.62. The molecule has 0 aliphatic heterocycles. The number of carbonyl (C=O) groups excluding carboxylic acids is 1. The number of aromatic amines is 1. The van der Waals surface area contributed by atoms with Gasteiger partial charge in [-0.15, -0.1) is 0 Å². The van der Waals surface area contributed by atoms with Gasteiger partial charge in [0.25, 0.3) is 4.84 Å². The van der Waals surface area contributed by atoms with E-state index in [0.717, 1.165) is 5.52 Å². The van der Waals surface area contributed by atoms with Crippen LogP contribution in [0.5, 0.6) is 5.75 Å². The largest absolute Gasteiger partial charge is 0.429 e. The van der Waals surface area contributed by atoms with Crippen molar-refractivity contribution in [3.63, 3.8) is 0 Å². The number of ether oxygens (including phenoxy) is 1. The molecular formula is C14H10N2O3S. The molecule has 3 aromatic rings. The maximum Gasteiger partial charge on any atom is 0.417 e. The van der Waals surface area contributed by atoms with Crippen LogP contribution >= 0.6 is 12.2 Å². The molecule has 1 aromatic heterocycles. The van der Waals surface area contributed by atoms with Gasteiger partial charge >= 0.3 is 6.09 Å². The molecule has 1 heterocycles. The quantitative estimate of drug-likeness (QED) is 0.696. The number of aromatic nitrogens is 1. The normalized spacial score (nSPS) is 10.4. The van der Waals surface area contributed by atoms with Gasteiger partial charge in [-0.2, -0.15) is 0 Å². The first kappa shape index (κ1) is 12.4. The van der Waals surface area contributed by atoms with Gasteiger partial charge in [0.1, 0.15) is 5.75 Å². The lowest BCUT2D eigenvalue weighted by atomic mass is 10.3. The van der Waals surface area contributed by atoms with Gasteiger partial charge in [0.2, 0.25) is 0 Å². The van der Waals surface area contributed by atoms with Crippen molar-refractivity contribution in [3.05, 3.63) is 53.4 Å². The fraction of sp³-hybridized carbons (Fsp3) is 0. The molecule has 0 atom stereocenters. The van der Waals surface area contributed by atoms with E-state index in [-0.39, 0.29) is 0 Å². The molecule has 6 heteroatoms. The number of nitrogens with one attached hydrogen (secondary N) is 2. The van der Waals surface area contributed by atoms with Crippen LogP contribution in [-0.4, -0.2) is 11.1 Å². The van der Waals surface area contributed by atoms with E-state index in [0.29, 0.717) is 21.9 Å². The van der Waals surface area contributed by atoms with E-state index in [1.54, 1.807) is 42.5 Å². The number of anilines is 1. The summed E-state index contributed by atoms with van der Waals surface area (Å²) in [5.74, 6) is 0.477. The Labute approximate surface area is 119 Å². The summed E-state index contributed by atoms with van der Waals surface area (Å²) in [5.41, 5.74) is 1.92. The van der Waals surface area contributed by atoms with E-state index in [2.05, 4.69) is 10.3 Å². The molecule has 5 nitrogen and oxygen atoms in total. The average Bonchev–Trinajstić information content (AvgIpc) is 2.79. The summed E-state index contributed by atoms with van der Waals surface area (Å²) in [6.45, 7) is 0. The van der Waals surface area contributed by atoms with Crippen molar-refractivity contribution in [3.8, 4) is 5.75 Å². The number of carbonyl (C=O) groups is 1. The summed E-state index contributed by atoms with van der Waals surface area (Å²) >= 11 is 4.90. The Kier molecular flexibility index (Phi) is 3.22. The van der Waals surface area contributed by atoms with E-state index in [1.165, 1.54) is 0 Å². The van der Waals surface area contributed by atoms with Crippen molar-refractivity contribution in [2.75, 3.05) is 5.32 Å². The summed E-state index contributed by atoms with van der Waals surface area (Å²) < 4.78 is 10.4. The summed E-state index contributed by atoms with van der Waals surface area (Å²) in [4.78, 5) is 14.9. The predicted molar refractivity (Wildman–Crippen MR) is 77.5 cm³/mol. The lowest BCUT2D eigenvalue weighted by Gasteiger charge is -2.06. The molecule has 0 spiro atoms. The van der Waals surface area contributed by atoms with Gasteiger partial charge in [0.05, 0.1) is 5.52 Å². The van der Waals surface area contributed by atoms with E-state index >= 15 is 0 Å². The van der Waals surface area contributed by atoms with Crippen LogP contribution in [0.3, 0.4) is 0 Å². The maximum absolute atomic E-state index is 11.7. The first-order valence-corrected chi connectivity index (χ1v) is 6.28. The van der Waals surface area contributed by atoms with Crippen molar-refractivity contribution >= 4 is 35.1 Å². The Morgan fingerprint density at radius 3 is 2.80 bits per heavy atom. The van der Waals surface area contributed by atoms with Crippen molar-refractivity contribution < 1.29 is 13.9 Å². The van der Waals surface area contributed by atoms with Gasteiger partial charge < -0.3 is 14.1 Å². The maximum atomic E-state index is 11.7. The smallest absolute Gasteiger partial charge is 0.417 e. The lowest BCUT2D eigenvalue weighted by molar-refractivity contribution is 0.215. The number of benzene rings is 2. The minimum Gasteiger partial charge on any atom is -0.429 e. The molecule has 3 rings (SSSR count). The molecule has 0 fully saturated rings. The Morgan fingerprint density at radius 2 is 2.00 bits per heavy atom. The summed E-state index contributed by atoms with van der Waals surface area (Å²) in [7, 11) is 0. The minimum atomic E-state index is -0.565. The van der Waals surface area contributed by atoms with Crippen LogP contribution in [-0.2, 0) is 0 Å². The van der Waals surface area contributed by atoms with Crippen LogP contribution in [0.1, 0.15) is 0 Å². The number of hydrogen-bond acceptors (Lipinski definition) is 4. The van der Waals surface area contributed by atoms with Gasteiger partial charge in [-0.3, -0.25) is 5.32 Å². The Balaban J connectivity index is 1.75. The Morgan fingerprint density at radius 1 is 1.20 bits per heavy atom. The van der Waals surface area contributed by atoms with Crippen LogP contribution < -0.4 is 10.1 Å². The molecule has 0 unspecified atom stereocenters. The first-order chi connectivity index (χ1) is 9.70. The van der Waals surface area contributed by atoms with Crippen LogP contribution in [0.4, 0.5) is 10.5 Å². The molecule has 2 N–H and O–H groups in total. The molecule has 2 aromatic carbocycles. The lowest BCUT2D eigenvalue weighted by Crippen LogP contribution is -2.16. The molecule has 0 aliphatic carbocycles. The van der Waals surface area contributed by atoms with Crippen LogP contribution in [0, 0.1) is 4.84 Å². The van der Waals surface area contributed by atoms with Gasteiger partial charge in [-0.25, -0.2) is 4.79 Å². The van der Waals surface area contributed by atoms with Gasteiger partial charge in [-0.05, 0) is 36.5 Å². The highest BCUT2D eigenvalue weighted by Crippen LogP contribution is 2.19. The third-order valence-electron chi connectivity index (χ3n) is 2.62. The SMILES string of the molecule is O=C(Nc1ccc2[nH]c(=S)oc2c1)Oc1ccccc1. The number of H-pyrrole nitrogens is 1. The second-order valence-electron chi connectivity index (χ2n) is 4.05. The molecule has 100 valence electrons. The van der Waals surface area contributed by atoms with Crippen molar-refractivity contribution in [1.82, 2.24) is 4.98 Å². The molecule has 20 heavy (non-hydrogen) atoms. The molecule has 0 radical (unpaired) electrons. The third kappa shape index (κ3) is 2.70. The Bertz CT molecular complexity index is 808. The van der Waals surface area contributed by atoms with Crippen molar-refractivity contribution in [2.45, 2.75) is 0 Å². The highest BCUT2D eigenvalue weighted by atomic mass is 32.1. The van der Waals surface area contributed by atoms with Gasteiger partial charge in [0, 0.05) is 11.8 Å². The van der Waals surface area contributed by atoms with Crippen molar-refractivity contribution in [2.24, 2.45) is 0 Å². The van der Waals surface area contributed by atoms with Gasteiger partial charge in [-0.1, -0.05) is 18.2 Å². The Hall–Kier alpha value is -2.60. The molecule has 0 bridgehead atoms. The highest BCUT2D eigenvalue weighted by molar-refractivity contribution is 7.71. The van der Waals surface area contributed by atoms with E-state index in [1.807, 2.05) is 6.07 Å². The molecule has 0 aliphatic rings. The first-order valence-electron chi connectivity index (χ1n) is 5.87. The molecule has 1 amide bonds. The predicted octanol–water partition coefficient (Wildman–Crippen LogP) is 4.10. The molecule has 0 saturated carbocycles. The number of hydrogen-bond donors (Lipinski definition) is 2. The fourth-order valence-corrected chi connectivity index (χ4v) is 1.96. The number of amides is 1. The molecule has 0 saturated heterocycles. The van der Waals surface area contributed by atoms with Crippen molar-refractivity contribution in [1.29, 1.82) is 0 Å². The topological polar surface area (TPSA) is 67.3 Å². The number of oxazole rings is 1. The van der Waals surface area contributed by atoms with E-state index in [4.69, 9.17) is 21.4 Å². The standard InChI is InChI=1S/C14H10N2O3S/c17-13(18-10-4-2-1-3-5-10)15-9-6-7-11-12(8-9)19-14(20)16-11/h1-8H,(H,15,17)(H,16,20). The number of para-hydroxylation sites is 1. The zero-order valence-corrected chi connectivity index (χ0v) is 11.1. The van der Waals surface area contributed by atoms with Crippen LogP contribution in [0.2, 0.25) is 0 Å². The second kappa shape index (κ2) is 5.18.